The molecule has 0 fully saturated rings. The average molecular weight is 231 g/mol. The molecular weight excluding hydrogens is 220 g/mol. The fourth-order valence-corrected chi connectivity index (χ4v) is 1.77. The van der Waals surface area contributed by atoms with Gasteiger partial charge in [0.05, 0.1) is 17.7 Å². The van der Waals surface area contributed by atoms with E-state index in [1.165, 1.54) is 0 Å². The molecule has 0 aliphatic heterocycles. The van der Waals surface area contributed by atoms with Crippen LogP contribution in [-0.2, 0) is 0 Å². The van der Waals surface area contributed by atoms with Crippen LogP contribution in [0.25, 0.3) is 0 Å². The van der Waals surface area contributed by atoms with E-state index in [0.29, 0.717) is 0 Å². The summed E-state index contributed by atoms with van der Waals surface area (Å²) in [6.07, 6.45) is -0.477. The van der Waals surface area contributed by atoms with Gasteiger partial charge in [-0.2, -0.15) is 0 Å². The largest absolute Gasteiger partial charge is 0.496 e. The third-order valence-electron chi connectivity index (χ3n) is 1.66. The fourth-order valence-electron chi connectivity index (χ4n) is 1.01. The first-order chi connectivity index (χ1) is 5.66. The molecule has 0 bridgehead atoms. The molecule has 1 aromatic carbocycles. The SMILES string of the molecule is COc1cccc([C@H](C)O)c1Br. The minimum Gasteiger partial charge on any atom is -0.496 e. The molecule has 0 saturated carbocycles. The zero-order valence-electron chi connectivity index (χ0n) is 7.04. The number of aliphatic hydroxyl groups is 1. The van der Waals surface area contributed by atoms with Gasteiger partial charge in [0.2, 0.25) is 0 Å². The second-order valence-electron chi connectivity index (χ2n) is 2.54. The summed E-state index contributed by atoms with van der Waals surface area (Å²) in [6.45, 7) is 1.72. The topological polar surface area (TPSA) is 29.5 Å². The number of benzene rings is 1. The van der Waals surface area contributed by atoms with Gasteiger partial charge in [-0.3, -0.25) is 0 Å². The molecule has 12 heavy (non-hydrogen) atoms. The zero-order valence-corrected chi connectivity index (χ0v) is 8.63. The van der Waals surface area contributed by atoms with E-state index in [0.717, 1.165) is 15.8 Å². The minimum absolute atomic E-state index is 0.477. The summed E-state index contributed by atoms with van der Waals surface area (Å²) in [4.78, 5) is 0. The number of aliphatic hydroxyl groups excluding tert-OH is 1. The monoisotopic (exact) mass is 230 g/mol. The predicted molar refractivity (Wildman–Crippen MR) is 51.3 cm³/mol. The second-order valence-corrected chi connectivity index (χ2v) is 3.33. The molecular formula is C9H11BrO2. The number of hydrogen-bond donors (Lipinski definition) is 1. The summed E-state index contributed by atoms with van der Waals surface area (Å²) in [6, 6.07) is 5.55. The van der Waals surface area contributed by atoms with E-state index in [2.05, 4.69) is 15.9 Å². The maximum Gasteiger partial charge on any atom is 0.133 e. The van der Waals surface area contributed by atoms with Crippen LogP contribution in [0.3, 0.4) is 0 Å². The number of ether oxygens (including phenoxy) is 1. The Hall–Kier alpha value is -0.540. The first-order valence-corrected chi connectivity index (χ1v) is 4.46. The molecule has 0 heterocycles. The van der Waals surface area contributed by atoms with Crippen LogP contribution in [0, 0.1) is 0 Å². The summed E-state index contributed by atoms with van der Waals surface area (Å²) in [5.74, 6) is 0.744. The van der Waals surface area contributed by atoms with E-state index in [1.54, 1.807) is 14.0 Å². The molecule has 1 rings (SSSR count). The molecule has 0 aromatic heterocycles. The van der Waals surface area contributed by atoms with E-state index in [1.807, 2.05) is 18.2 Å². The van der Waals surface area contributed by atoms with Crippen molar-refractivity contribution in [1.29, 1.82) is 0 Å². The van der Waals surface area contributed by atoms with Crippen LogP contribution in [-0.4, -0.2) is 12.2 Å². The Balaban J connectivity index is 3.14. The van der Waals surface area contributed by atoms with Crippen LogP contribution >= 0.6 is 15.9 Å². The lowest BCUT2D eigenvalue weighted by Crippen LogP contribution is -1.94. The smallest absolute Gasteiger partial charge is 0.133 e. The van der Waals surface area contributed by atoms with Crippen molar-refractivity contribution in [3.8, 4) is 5.75 Å². The number of methoxy groups -OCH3 is 1. The molecule has 0 spiro atoms. The maximum atomic E-state index is 9.34. The standard InChI is InChI=1S/C9H11BrO2/c1-6(11)7-4-3-5-8(12-2)9(7)10/h3-6,11H,1-2H3/t6-/m0/s1. The van der Waals surface area contributed by atoms with Crippen molar-refractivity contribution < 1.29 is 9.84 Å². The van der Waals surface area contributed by atoms with Crippen molar-refractivity contribution in [2.75, 3.05) is 7.11 Å². The van der Waals surface area contributed by atoms with Crippen LogP contribution in [0.2, 0.25) is 0 Å². The third kappa shape index (κ3) is 1.79. The van der Waals surface area contributed by atoms with E-state index < -0.39 is 6.10 Å². The van der Waals surface area contributed by atoms with Crippen LogP contribution in [0.4, 0.5) is 0 Å². The van der Waals surface area contributed by atoms with Crippen molar-refractivity contribution in [2.24, 2.45) is 0 Å². The third-order valence-corrected chi connectivity index (χ3v) is 2.51. The Morgan fingerprint density at radius 2 is 2.17 bits per heavy atom. The van der Waals surface area contributed by atoms with Crippen LogP contribution in [0.1, 0.15) is 18.6 Å². The molecule has 66 valence electrons. The lowest BCUT2D eigenvalue weighted by Gasteiger charge is -2.10. The van der Waals surface area contributed by atoms with E-state index in [9.17, 15) is 5.11 Å². The van der Waals surface area contributed by atoms with Gasteiger partial charge in [0.1, 0.15) is 5.75 Å². The molecule has 0 saturated heterocycles. The molecule has 3 heteroatoms. The second kappa shape index (κ2) is 3.92. The fraction of sp³-hybridized carbons (Fsp3) is 0.333. The molecule has 0 radical (unpaired) electrons. The quantitative estimate of drug-likeness (QED) is 0.847. The molecule has 0 amide bonds. The Kier molecular flexibility index (Phi) is 3.12. The van der Waals surface area contributed by atoms with Crippen molar-refractivity contribution in [3.63, 3.8) is 0 Å². The highest BCUT2D eigenvalue weighted by atomic mass is 79.9. The highest BCUT2D eigenvalue weighted by molar-refractivity contribution is 9.10. The number of hydrogen-bond acceptors (Lipinski definition) is 2. The van der Waals surface area contributed by atoms with Crippen molar-refractivity contribution in [3.05, 3.63) is 28.2 Å². The van der Waals surface area contributed by atoms with E-state index in [4.69, 9.17) is 4.74 Å². The molecule has 1 atom stereocenters. The van der Waals surface area contributed by atoms with Crippen LogP contribution in [0.5, 0.6) is 5.75 Å². The Bertz CT molecular complexity index is 271. The Morgan fingerprint density at radius 3 is 2.67 bits per heavy atom. The highest BCUT2D eigenvalue weighted by Crippen LogP contribution is 2.31. The molecule has 1 aromatic rings. The summed E-state index contributed by atoms with van der Waals surface area (Å²) in [5, 5.41) is 9.34. The zero-order chi connectivity index (χ0) is 9.14. The van der Waals surface area contributed by atoms with Gasteiger partial charge in [-0.05, 0) is 34.5 Å². The average Bonchev–Trinajstić information content (AvgIpc) is 2.04. The molecule has 0 unspecified atom stereocenters. The molecule has 2 nitrogen and oxygen atoms in total. The summed E-state index contributed by atoms with van der Waals surface area (Å²) < 4.78 is 5.90. The van der Waals surface area contributed by atoms with Gasteiger partial charge in [-0.15, -0.1) is 0 Å². The molecule has 1 N–H and O–H groups in total. The predicted octanol–water partition coefficient (Wildman–Crippen LogP) is 2.51. The van der Waals surface area contributed by atoms with E-state index in [-0.39, 0.29) is 0 Å². The summed E-state index contributed by atoms with van der Waals surface area (Å²) in [7, 11) is 1.60. The van der Waals surface area contributed by atoms with Gasteiger partial charge in [-0.1, -0.05) is 12.1 Å². The summed E-state index contributed by atoms with van der Waals surface area (Å²) in [5.41, 5.74) is 0.842. The Labute approximate surface area is 80.3 Å². The number of halogens is 1. The summed E-state index contributed by atoms with van der Waals surface area (Å²) >= 11 is 3.36. The maximum absolute atomic E-state index is 9.34. The van der Waals surface area contributed by atoms with Crippen molar-refractivity contribution >= 4 is 15.9 Å². The molecule has 0 aliphatic rings. The van der Waals surface area contributed by atoms with Crippen LogP contribution in [0.15, 0.2) is 22.7 Å². The van der Waals surface area contributed by atoms with Gasteiger partial charge in [0.25, 0.3) is 0 Å². The minimum atomic E-state index is -0.477. The highest BCUT2D eigenvalue weighted by Gasteiger charge is 2.09. The number of rotatable bonds is 2. The van der Waals surface area contributed by atoms with Gasteiger partial charge in [0.15, 0.2) is 0 Å². The first-order valence-electron chi connectivity index (χ1n) is 3.67. The lowest BCUT2D eigenvalue weighted by molar-refractivity contribution is 0.198. The lowest BCUT2D eigenvalue weighted by atomic mass is 10.1. The first kappa shape index (κ1) is 9.55. The van der Waals surface area contributed by atoms with Crippen molar-refractivity contribution in [2.45, 2.75) is 13.0 Å². The normalized spacial score (nSPS) is 12.7. The molecule has 0 aliphatic carbocycles. The Morgan fingerprint density at radius 1 is 1.50 bits per heavy atom. The van der Waals surface area contributed by atoms with E-state index >= 15 is 0 Å². The van der Waals surface area contributed by atoms with Gasteiger partial charge < -0.3 is 9.84 Å². The van der Waals surface area contributed by atoms with Gasteiger partial charge in [-0.25, -0.2) is 0 Å². The van der Waals surface area contributed by atoms with Crippen molar-refractivity contribution in [1.82, 2.24) is 0 Å². The van der Waals surface area contributed by atoms with Gasteiger partial charge in [0, 0.05) is 0 Å². The van der Waals surface area contributed by atoms with Gasteiger partial charge >= 0.3 is 0 Å². The van der Waals surface area contributed by atoms with Crippen LogP contribution < -0.4 is 4.74 Å².